The van der Waals surface area contributed by atoms with Gasteiger partial charge >= 0.3 is 0 Å². The van der Waals surface area contributed by atoms with E-state index in [2.05, 4.69) is 33.6 Å². The van der Waals surface area contributed by atoms with Crippen molar-refractivity contribution in [3.63, 3.8) is 0 Å². The number of carbonyl (C=O) groups excluding carboxylic acids is 1. The average molecular weight is 477 g/mol. The van der Waals surface area contributed by atoms with Crippen molar-refractivity contribution in [2.24, 2.45) is 0 Å². The summed E-state index contributed by atoms with van der Waals surface area (Å²) in [5.74, 6) is 0.211. The van der Waals surface area contributed by atoms with Gasteiger partial charge in [0.1, 0.15) is 17.4 Å². The van der Waals surface area contributed by atoms with Gasteiger partial charge in [-0.25, -0.2) is 4.68 Å². The Balaban J connectivity index is 2.10. The monoisotopic (exact) mass is 476 g/mol. The summed E-state index contributed by atoms with van der Waals surface area (Å²) in [6.45, 7) is 6.06. The zero-order valence-corrected chi connectivity index (χ0v) is 18.7. The number of carbonyl (C=O) groups is 1. The minimum absolute atomic E-state index is 0.0137. The highest BCUT2D eigenvalue weighted by molar-refractivity contribution is 9.10. The van der Waals surface area contributed by atoms with Crippen molar-refractivity contribution in [3.05, 3.63) is 61.5 Å². The number of ether oxygens (including phenoxy) is 1. The van der Waals surface area contributed by atoms with E-state index in [1.165, 1.54) is 0 Å². The van der Waals surface area contributed by atoms with Crippen LogP contribution < -0.4 is 21.0 Å². The zero-order chi connectivity index (χ0) is 21.6. The van der Waals surface area contributed by atoms with Crippen LogP contribution in [0.25, 0.3) is 0 Å². The highest BCUT2D eigenvalue weighted by Crippen LogP contribution is 2.26. The van der Waals surface area contributed by atoms with Crippen LogP contribution in [-0.2, 0) is 0 Å². The summed E-state index contributed by atoms with van der Waals surface area (Å²) in [6, 6.07) is 8.53. The second kappa shape index (κ2) is 10.2. The lowest BCUT2D eigenvalue weighted by atomic mass is 10.1. The number of unbranched alkanes of at least 4 members (excludes halogenated alkanes) is 1. The topological polar surface area (TPSA) is 96.2 Å². The van der Waals surface area contributed by atoms with E-state index >= 15 is 0 Å². The number of hydrogen-bond acceptors (Lipinski definition) is 5. The Labute approximate surface area is 182 Å². The van der Waals surface area contributed by atoms with Crippen LogP contribution in [0.15, 0.2) is 33.5 Å². The third-order valence-electron chi connectivity index (χ3n) is 4.09. The van der Waals surface area contributed by atoms with Gasteiger partial charge in [-0.15, -0.1) is 0 Å². The normalized spacial score (nSPS) is 10.2. The fraction of sp³-hybridized carbons (Fsp3) is 0.300. The number of aryl methyl sites for hydroxylation is 2. The van der Waals surface area contributed by atoms with Crippen molar-refractivity contribution in [3.8, 4) is 11.8 Å². The molecule has 1 heterocycles. The van der Waals surface area contributed by atoms with E-state index in [1.54, 1.807) is 38.1 Å². The third kappa shape index (κ3) is 5.65. The van der Waals surface area contributed by atoms with Crippen molar-refractivity contribution in [1.82, 2.24) is 9.99 Å². The van der Waals surface area contributed by atoms with E-state index in [4.69, 9.17) is 22.2 Å². The lowest BCUT2D eigenvalue weighted by Crippen LogP contribution is -2.43. The van der Waals surface area contributed by atoms with E-state index < -0.39 is 11.5 Å². The number of thiocarbonyl (C=S) groups is 1. The molecule has 2 rings (SSSR count). The maximum atomic E-state index is 12.5. The fourth-order valence-corrected chi connectivity index (χ4v) is 3.23. The number of pyridine rings is 1. The van der Waals surface area contributed by atoms with Gasteiger partial charge in [0.25, 0.3) is 11.5 Å². The summed E-state index contributed by atoms with van der Waals surface area (Å²) >= 11 is 8.55. The van der Waals surface area contributed by atoms with Gasteiger partial charge in [0.2, 0.25) is 0 Å². The van der Waals surface area contributed by atoms with E-state index in [0.29, 0.717) is 33.6 Å². The molecule has 0 spiro atoms. The van der Waals surface area contributed by atoms with Gasteiger partial charge in [-0.3, -0.25) is 20.3 Å². The number of aromatic nitrogens is 1. The third-order valence-corrected chi connectivity index (χ3v) is 4.90. The Kier molecular flexibility index (Phi) is 7.93. The highest BCUT2D eigenvalue weighted by Gasteiger charge is 2.14. The summed E-state index contributed by atoms with van der Waals surface area (Å²) in [5, 5.41) is 11.6. The lowest BCUT2D eigenvalue weighted by molar-refractivity contribution is 0.0977. The van der Waals surface area contributed by atoms with Crippen LogP contribution in [-0.4, -0.2) is 22.3 Å². The molecule has 2 aromatic rings. The van der Waals surface area contributed by atoms with Gasteiger partial charge < -0.3 is 4.74 Å². The van der Waals surface area contributed by atoms with Crippen molar-refractivity contribution in [1.29, 1.82) is 5.26 Å². The molecule has 152 valence electrons. The summed E-state index contributed by atoms with van der Waals surface area (Å²) in [7, 11) is 0. The number of rotatable bonds is 6. The van der Waals surface area contributed by atoms with Gasteiger partial charge in [-0.05, 0) is 78.2 Å². The molecule has 29 heavy (non-hydrogen) atoms. The molecular formula is C20H21BrN4O3S. The molecule has 1 aromatic heterocycles. The second-order valence-electron chi connectivity index (χ2n) is 6.34. The molecule has 0 bridgehead atoms. The summed E-state index contributed by atoms with van der Waals surface area (Å²) in [4.78, 5) is 24.9. The fourth-order valence-electron chi connectivity index (χ4n) is 2.56. The molecule has 0 aliphatic carbocycles. The molecule has 0 aliphatic rings. The van der Waals surface area contributed by atoms with Crippen LogP contribution in [0.2, 0.25) is 0 Å². The number of hydrogen-bond donors (Lipinski definition) is 2. The molecule has 0 aliphatic heterocycles. The van der Waals surface area contributed by atoms with Gasteiger partial charge in [0, 0.05) is 11.3 Å². The van der Waals surface area contributed by atoms with Crippen LogP contribution in [0.5, 0.6) is 5.75 Å². The molecule has 0 saturated carbocycles. The van der Waals surface area contributed by atoms with E-state index in [1.807, 2.05) is 6.07 Å². The highest BCUT2D eigenvalue weighted by atomic mass is 79.9. The molecule has 9 heteroatoms. The Bertz CT molecular complexity index is 1040. The number of nitrogens with zero attached hydrogens (tertiary/aromatic N) is 2. The first-order chi connectivity index (χ1) is 13.8. The SMILES string of the molecule is CCCCOc1ccc(C(=O)NC(=S)Nn2c(C)cc(C)c(C#N)c2=O)cc1Br. The Morgan fingerprint density at radius 2 is 2.07 bits per heavy atom. The predicted molar refractivity (Wildman–Crippen MR) is 119 cm³/mol. The first-order valence-electron chi connectivity index (χ1n) is 8.96. The summed E-state index contributed by atoms with van der Waals surface area (Å²) < 4.78 is 7.44. The van der Waals surface area contributed by atoms with Crippen LogP contribution in [0.3, 0.4) is 0 Å². The van der Waals surface area contributed by atoms with Gasteiger partial charge in [0.05, 0.1) is 11.1 Å². The summed E-state index contributed by atoms with van der Waals surface area (Å²) in [6.07, 6.45) is 1.97. The smallest absolute Gasteiger partial charge is 0.287 e. The predicted octanol–water partition coefficient (Wildman–Crippen LogP) is 3.54. The van der Waals surface area contributed by atoms with E-state index in [9.17, 15) is 9.59 Å². The number of amides is 1. The molecule has 2 N–H and O–H groups in total. The minimum Gasteiger partial charge on any atom is -0.492 e. The van der Waals surface area contributed by atoms with Crippen LogP contribution in [0.1, 0.15) is 46.9 Å². The first kappa shape index (κ1) is 22.6. The molecule has 0 unspecified atom stereocenters. The Hall–Kier alpha value is -2.70. The number of benzene rings is 1. The van der Waals surface area contributed by atoms with Gasteiger partial charge in [-0.1, -0.05) is 13.3 Å². The first-order valence-corrected chi connectivity index (χ1v) is 10.2. The Morgan fingerprint density at radius 3 is 2.69 bits per heavy atom. The maximum absolute atomic E-state index is 12.5. The standard InChI is InChI=1S/C20H21BrN4O3S/c1-4-5-8-28-17-7-6-14(10-16(17)21)18(26)23-20(29)24-25-13(3)9-12(2)15(11-22)19(25)27/h6-7,9-10H,4-5,8H2,1-3H3,(H2,23,24,26,29). The molecule has 1 amide bonds. The van der Waals surface area contributed by atoms with Gasteiger partial charge in [-0.2, -0.15) is 5.26 Å². The Morgan fingerprint density at radius 1 is 1.34 bits per heavy atom. The van der Waals surface area contributed by atoms with Crippen molar-refractivity contribution in [2.75, 3.05) is 12.0 Å². The second-order valence-corrected chi connectivity index (χ2v) is 7.60. The van der Waals surface area contributed by atoms with Crippen molar-refractivity contribution in [2.45, 2.75) is 33.6 Å². The molecule has 1 aromatic carbocycles. The molecule has 0 radical (unpaired) electrons. The number of nitriles is 1. The molecular weight excluding hydrogens is 456 g/mol. The van der Waals surface area contributed by atoms with E-state index in [-0.39, 0.29) is 10.7 Å². The van der Waals surface area contributed by atoms with Gasteiger partial charge in [0.15, 0.2) is 5.11 Å². The minimum atomic E-state index is -0.530. The van der Waals surface area contributed by atoms with Crippen LogP contribution >= 0.6 is 28.1 Å². The molecule has 0 saturated heterocycles. The lowest BCUT2D eigenvalue weighted by Gasteiger charge is -2.15. The number of halogens is 1. The van der Waals surface area contributed by atoms with Crippen LogP contribution in [0, 0.1) is 25.2 Å². The molecule has 7 nitrogen and oxygen atoms in total. The van der Waals surface area contributed by atoms with Crippen molar-refractivity contribution >= 4 is 39.2 Å². The van der Waals surface area contributed by atoms with E-state index in [0.717, 1.165) is 17.5 Å². The van der Waals surface area contributed by atoms with Crippen LogP contribution in [0.4, 0.5) is 0 Å². The van der Waals surface area contributed by atoms with Crippen molar-refractivity contribution < 1.29 is 9.53 Å². The molecule has 0 atom stereocenters. The summed E-state index contributed by atoms with van der Waals surface area (Å²) in [5.41, 5.74) is 3.64. The maximum Gasteiger partial charge on any atom is 0.287 e. The quantitative estimate of drug-likeness (QED) is 0.488. The number of nitrogens with one attached hydrogen (secondary N) is 2. The zero-order valence-electron chi connectivity index (χ0n) is 16.3. The average Bonchev–Trinajstić information content (AvgIpc) is 2.66. The largest absolute Gasteiger partial charge is 0.492 e. The molecule has 0 fully saturated rings.